The molecule has 0 aliphatic heterocycles. The van der Waals surface area contributed by atoms with Crippen molar-refractivity contribution in [1.29, 1.82) is 0 Å². The largest absolute Gasteiger partial charge is 0.454 e. The lowest BCUT2D eigenvalue weighted by atomic mass is 9.70. The van der Waals surface area contributed by atoms with Gasteiger partial charge in [0.15, 0.2) is 11.2 Å². The second kappa shape index (κ2) is 16.9. The molecule has 0 radical (unpaired) electrons. The van der Waals surface area contributed by atoms with Crippen molar-refractivity contribution in [1.82, 2.24) is 0 Å². The summed E-state index contributed by atoms with van der Waals surface area (Å²) in [6, 6.07) is 101. The number of fused-ring (bicyclic) bond motifs is 17. The Kier molecular flexibility index (Phi) is 9.52. The number of para-hydroxylation sites is 4. The lowest BCUT2D eigenvalue weighted by Gasteiger charge is -2.30. The van der Waals surface area contributed by atoms with Gasteiger partial charge < -0.3 is 18.6 Å². The van der Waals surface area contributed by atoms with E-state index in [0.29, 0.717) is 0 Å². The third kappa shape index (κ3) is 6.40. The summed E-state index contributed by atoms with van der Waals surface area (Å²) in [6.07, 6.45) is 0. The van der Waals surface area contributed by atoms with Crippen molar-refractivity contribution in [2.75, 3.05) is 9.80 Å². The van der Waals surface area contributed by atoms with E-state index in [2.05, 4.69) is 283 Å². The summed E-state index contributed by atoms with van der Waals surface area (Å²) in [7, 11) is 0. The fourth-order valence-corrected chi connectivity index (χ4v) is 13.1. The Morgan fingerprint density at radius 2 is 0.753 bits per heavy atom. The van der Waals surface area contributed by atoms with Crippen LogP contribution >= 0.6 is 0 Å². The van der Waals surface area contributed by atoms with Gasteiger partial charge >= 0.3 is 0 Å². The molecule has 0 saturated carbocycles. The first kappa shape index (κ1) is 43.3. The highest BCUT2D eigenvalue weighted by molar-refractivity contribution is 6.20. The highest BCUT2D eigenvalue weighted by Gasteiger charge is 2.52. The van der Waals surface area contributed by atoms with Crippen molar-refractivity contribution in [3.8, 4) is 44.5 Å². The molecule has 0 amide bonds. The third-order valence-corrected chi connectivity index (χ3v) is 16.2. The molecule has 0 saturated heterocycles. The van der Waals surface area contributed by atoms with Crippen molar-refractivity contribution in [3.05, 3.63) is 301 Å². The molecule has 2 aromatic heterocycles. The van der Waals surface area contributed by atoms with Crippen molar-refractivity contribution >= 4 is 78.0 Å². The fraction of sp³-hybridized carbons (Fsp3) is 0.0137. The lowest BCUT2D eigenvalue weighted by Crippen LogP contribution is -2.25. The molecule has 2 aliphatic carbocycles. The smallest absolute Gasteiger partial charge is 0.159 e. The van der Waals surface area contributed by atoms with E-state index in [-0.39, 0.29) is 0 Å². The molecular formula is C73H46N2O2. The van der Waals surface area contributed by atoms with Crippen LogP contribution in [0.1, 0.15) is 22.3 Å². The number of anilines is 6. The van der Waals surface area contributed by atoms with E-state index < -0.39 is 5.41 Å². The number of hydrogen-bond acceptors (Lipinski definition) is 4. The molecule has 360 valence electrons. The van der Waals surface area contributed by atoms with Crippen molar-refractivity contribution in [2.45, 2.75) is 5.41 Å². The standard InChI is InChI=1S/C73H46N2O2/c1-4-20-47(21-5-1)49-38-40-52(41-39-49)74(51-24-8-3-9-25-51)53-44-50(48-22-6-2-7-23-48)45-54(46-53)75(65-35-18-30-58-57-28-13-17-37-67(57)76-71(58)65)66-36-19-31-60-70-68(77-72(60)66)43-42-64-69(70)59-29-12-16-34-63(59)73(64)61-32-14-10-26-55(61)56-27-11-15-33-62(56)73/h1-46H. The normalized spacial score (nSPS) is 12.8. The van der Waals surface area contributed by atoms with Gasteiger partial charge in [0.1, 0.15) is 11.2 Å². The Balaban J connectivity index is 0.972. The SMILES string of the molecule is c1ccc(-c2ccc(N(c3ccccc3)c3cc(-c4ccccc4)cc(N(c4cccc5c4oc4ccccc45)c4cccc5c4oc4ccc6c(c45)-c4ccccc4C64c5ccccc5-c5ccccc54)c3)cc2)cc1. The topological polar surface area (TPSA) is 32.8 Å². The van der Waals surface area contributed by atoms with E-state index in [4.69, 9.17) is 8.83 Å². The second-order valence-electron chi connectivity index (χ2n) is 20.3. The number of hydrogen-bond donors (Lipinski definition) is 0. The zero-order valence-corrected chi connectivity index (χ0v) is 41.8. The van der Waals surface area contributed by atoms with Gasteiger partial charge in [0.25, 0.3) is 0 Å². The zero-order valence-electron chi connectivity index (χ0n) is 41.8. The highest BCUT2D eigenvalue weighted by Crippen LogP contribution is 2.64. The van der Waals surface area contributed by atoms with Gasteiger partial charge in [-0.2, -0.15) is 0 Å². The van der Waals surface area contributed by atoms with E-state index in [1.165, 1.54) is 50.1 Å². The molecule has 2 aliphatic rings. The molecule has 12 aromatic carbocycles. The molecule has 4 heteroatoms. The summed E-state index contributed by atoms with van der Waals surface area (Å²) in [5.41, 5.74) is 23.3. The molecule has 0 unspecified atom stereocenters. The Morgan fingerprint density at radius 3 is 1.43 bits per heavy atom. The molecule has 0 atom stereocenters. The zero-order chi connectivity index (χ0) is 50.6. The molecule has 0 N–H and O–H groups in total. The van der Waals surface area contributed by atoms with Crippen molar-refractivity contribution in [3.63, 3.8) is 0 Å². The van der Waals surface area contributed by atoms with Crippen LogP contribution in [0, 0.1) is 0 Å². The number of nitrogens with zero attached hydrogens (tertiary/aromatic N) is 2. The van der Waals surface area contributed by atoms with Gasteiger partial charge in [-0.05, 0) is 133 Å². The van der Waals surface area contributed by atoms with E-state index >= 15 is 0 Å². The molecule has 16 rings (SSSR count). The van der Waals surface area contributed by atoms with Crippen molar-refractivity contribution in [2.24, 2.45) is 0 Å². The van der Waals surface area contributed by atoms with Crippen molar-refractivity contribution < 1.29 is 8.83 Å². The monoisotopic (exact) mass is 982 g/mol. The van der Waals surface area contributed by atoms with Gasteiger partial charge in [0, 0.05) is 44.3 Å². The Labute approximate surface area is 445 Å². The molecule has 1 spiro atoms. The van der Waals surface area contributed by atoms with Gasteiger partial charge in [-0.15, -0.1) is 0 Å². The minimum absolute atomic E-state index is 0.488. The van der Waals surface area contributed by atoms with Crippen LogP contribution in [0.25, 0.3) is 88.4 Å². The minimum Gasteiger partial charge on any atom is -0.454 e. The van der Waals surface area contributed by atoms with Gasteiger partial charge in [0.2, 0.25) is 0 Å². The first-order chi connectivity index (χ1) is 38.2. The molecule has 4 nitrogen and oxygen atoms in total. The van der Waals surface area contributed by atoms with Gasteiger partial charge in [-0.25, -0.2) is 0 Å². The van der Waals surface area contributed by atoms with Crippen LogP contribution in [-0.2, 0) is 5.41 Å². The molecule has 0 bridgehead atoms. The van der Waals surface area contributed by atoms with E-state index in [1.807, 2.05) is 6.07 Å². The lowest BCUT2D eigenvalue weighted by molar-refractivity contribution is 0.666. The van der Waals surface area contributed by atoms with Crippen LogP contribution in [-0.4, -0.2) is 0 Å². The average Bonchev–Trinajstić information content (AvgIpc) is 4.29. The highest BCUT2D eigenvalue weighted by atomic mass is 16.3. The molecule has 77 heavy (non-hydrogen) atoms. The molecular weight excluding hydrogens is 937 g/mol. The Morgan fingerprint density at radius 1 is 0.273 bits per heavy atom. The first-order valence-electron chi connectivity index (χ1n) is 26.4. The fourth-order valence-electron chi connectivity index (χ4n) is 13.1. The summed E-state index contributed by atoms with van der Waals surface area (Å²) in [5, 5.41) is 4.27. The van der Waals surface area contributed by atoms with E-state index in [1.54, 1.807) is 0 Å². The maximum Gasteiger partial charge on any atom is 0.159 e. The van der Waals surface area contributed by atoms with Crippen LogP contribution in [0.4, 0.5) is 34.1 Å². The van der Waals surface area contributed by atoms with E-state index in [9.17, 15) is 0 Å². The third-order valence-electron chi connectivity index (χ3n) is 16.2. The molecule has 0 fully saturated rings. The quantitative estimate of drug-likeness (QED) is 0.152. The summed E-state index contributed by atoms with van der Waals surface area (Å²) >= 11 is 0. The van der Waals surface area contributed by atoms with E-state index in [0.717, 1.165) is 94.7 Å². The average molecular weight is 983 g/mol. The van der Waals surface area contributed by atoms with Gasteiger partial charge in [-0.3, -0.25) is 0 Å². The van der Waals surface area contributed by atoms with Gasteiger partial charge in [-0.1, -0.05) is 212 Å². The maximum absolute atomic E-state index is 7.41. The second-order valence-corrected chi connectivity index (χ2v) is 20.3. The van der Waals surface area contributed by atoms with Gasteiger partial charge in [0.05, 0.1) is 16.8 Å². The molecule has 2 heterocycles. The summed E-state index contributed by atoms with van der Waals surface area (Å²) in [5.74, 6) is 0. The maximum atomic E-state index is 7.41. The van der Waals surface area contributed by atoms with Crippen LogP contribution < -0.4 is 9.80 Å². The van der Waals surface area contributed by atoms with Crippen LogP contribution in [0.3, 0.4) is 0 Å². The number of benzene rings is 12. The summed E-state index contributed by atoms with van der Waals surface area (Å²) < 4.78 is 14.4. The Hall–Kier alpha value is -10.2. The predicted molar refractivity (Wildman–Crippen MR) is 318 cm³/mol. The van der Waals surface area contributed by atoms with Crippen LogP contribution in [0.2, 0.25) is 0 Å². The first-order valence-corrected chi connectivity index (χ1v) is 26.4. The summed E-state index contributed by atoms with van der Waals surface area (Å²) in [6.45, 7) is 0. The van der Waals surface area contributed by atoms with Crippen LogP contribution in [0.15, 0.2) is 288 Å². The number of rotatable bonds is 8. The molecule has 14 aromatic rings. The minimum atomic E-state index is -0.488. The predicted octanol–water partition coefficient (Wildman–Crippen LogP) is 20.1. The Bertz CT molecular complexity index is 4590. The van der Waals surface area contributed by atoms with Crippen LogP contribution in [0.5, 0.6) is 0 Å². The summed E-state index contributed by atoms with van der Waals surface area (Å²) in [4.78, 5) is 4.73. The number of furan rings is 2.